The van der Waals surface area contributed by atoms with E-state index in [4.69, 9.17) is 4.74 Å². The fraction of sp³-hybridized carbons (Fsp3) is 0.214. The molecule has 1 aromatic carbocycles. The molecule has 0 fully saturated rings. The molecule has 0 aliphatic carbocycles. The zero-order chi connectivity index (χ0) is 13.0. The van der Waals surface area contributed by atoms with Crippen LogP contribution in [-0.2, 0) is 7.05 Å². The molecule has 0 unspecified atom stereocenters. The van der Waals surface area contributed by atoms with Crippen LogP contribution in [0.2, 0.25) is 0 Å². The molecule has 94 valence electrons. The first-order valence-electron chi connectivity index (χ1n) is 5.60. The van der Waals surface area contributed by atoms with Gasteiger partial charge in [-0.25, -0.2) is 0 Å². The van der Waals surface area contributed by atoms with Crippen molar-refractivity contribution in [1.82, 2.24) is 4.57 Å². The summed E-state index contributed by atoms with van der Waals surface area (Å²) in [5.41, 5.74) is 1.90. The Morgan fingerprint density at radius 1 is 1.17 bits per heavy atom. The zero-order valence-corrected chi connectivity index (χ0v) is 11.2. The molecule has 0 saturated heterocycles. The first kappa shape index (κ1) is 12.8. The molecule has 0 aliphatic rings. The lowest BCUT2D eigenvalue weighted by Crippen LogP contribution is -2.16. The van der Waals surface area contributed by atoms with Crippen molar-refractivity contribution < 1.29 is 4.74 Å². The number of thioether (sulfide) groups is 1. The van der Waals surface area contributed by atoms with Crippen molar-refractivity contribution in [2.24, 2.45) is 7.05 Å². The lowest BCUT2D eigenvalue weighted by atomic mass is 10.1. The summed E-state index contributed by atoms with van der Waals surface area (Å²) >= 11 is 1.63. The Kier molecular flexibility index (Phi) is 4.10. The van der Waals surface area contributed by atoms with Crippen molar-refractivity contribution in [3.05, 3.63) is 52.8 Å². The van der Waals surface area contributed by atoms with Crippen molar-refractivity contribution in [1.29, 1.82) is 0 Å². The second-order valence-electron chi connectivity index (χ2n) is 3.88. The second kappa shape index (κ2) is 5.78. The molecule has 4 heteroatoms. The van der Waals surface area contributed by atoms with Crippen LogP contribution in [0.25, 0.3) is 11.3 Å². The Hall–Kier alpha value is -1.68. The van der Waals surface area contributed by atoms with Crippen LogP contribution in [0.5, 0.6) is 5.75 Å². The number of aromatic nitrogens is 1. The van der Waals surface area contributed by atoms with Crippen molar-refractivity contribution in [2.45, 2.75) is 0 Å². The quantitative estimate of drug-likeness (QED) is 0.793. The van der Waals surface area contributed by atoms with Gasteiger partial charge in [-0.3, -0.25) is 4.79 Å². The number of benzene rings is 1. The van der Waals surface area contributed by atoms with Gasteiger partial charge in [0, 0.05) is 13.1 Å². The van der Waals surface area contributed by atoms with Crippen molar-refractivity contribution in [2.75, 3.05) is 12.2 Å². The fourth-order valence-corrected chi connectivity index (χ4v) is 1.96. The van der Waals surface area contributed by atoms with E-state index in [1.165, 1.54) is 0 Å². The minimum Gasteiger partial charge on any atom is -0.483 e. The highest BCUT2D eigenvalue weighted by Crippen LogP contribution is 2.21. The number of ether oxygens (including phenoxy) is 1. The molecule has 0 saturated carbocycles. The lowest BCUT2D eigenvalue weighted by molar-refractivity contribution is 0.393. The normalized spacial score (nSPS) is 10.3. The van der Waals surface area contributed by atoms with Gasteiger partial charge in [-0.2, -0.15) is 0 Å². The van der Waals surface area contributed by atoms with Crippen LogP contribution in [0.3, 0.4) is 0 Å². The minimum atomic E-state index is -0.00444. The van der Waals surface area contributed by atoms with Crippen LogP contribution in [-0.4, -0.2) is 16.8 Å². The number of hydrogen-bond acceptors (Lipinski definition) is 3. The SMILES string of the molecule is CSCOc1ccc(-c2cccc(=O)n2C)cc1. The van der Waals surface area contributed by atoms with Gasteiger partial charge in [0.05, 0.1) is 5.69 Å². The topological polar surface area (TPSA) is 31.2 Å². The van der Waals surface area contributed by atoms with Gasteiger partial charge in [0.25, 0.3) is 5.56 Å². The molecule has 0 amide bonds. The molecule has 0 N–H and O–H groups in total. The lowest BCUT2D eigenvalue weighted by Gasteiger charge is -2.09. The Bertz CT molecular complexity index is 575. The molecule has 0 radical (unpaired) electrons. The molecule has 1 heterocycles. The van der Waals surface area contributed by atoms with Gasteiger partial charge in [0.15, 0.2) is 0 Å². The summed E-state index contributed by atoms with van der Waals surface area (Å²) < 4.78 is 7.13. The summed E-state index contributed by atoms with van der Waals surface area (Å²) in [6, 6.07) is 13.0. The monoisotopic (exact) mass is 261 g/mol. The molecule has 0 spiro atoms. The van der Waals surface area contributed by atoms with Gasteiger partial charge in [-0.1, -0.05) is 6.07 Å². The second-order valence-corrected chi connectivity index (χ2v) is 4.70. The molecule has 18 heavy (non-hydrogen) atoms. The molecular formula is C14H15NO2S. The number of nitrogens with zero attached hydrogens (tertiary/aromatic N) is 1. The average molecular weight is 261 g/mol. The van der Waals surface area contributed by atoms with Gasteiger partial charge in [0.2, 0.25) is 0 Å². The largest absolute Gasteiger partial charge is 0.483 e. The summed E-state index contributed by atoms with van der Waals surface area (Å²) in [7, 11) is 1.77. The van der Waals surface area contributed by atoms with E-state index >= 15 is 0 Å². The molecule has 0 bridgehead atoms. The number of hydrogen-bond donors (Lipinski definition) is 0. The summed E-state index contributed by atoms with van der Waals surface area (Å²) in [6.45, 7) is 0. The Balaban J connectivity index is 2.29. The van der Waals surface area contributed by atoms with E-state index in [0.717, 1.165) is 17.0 Å². The smallest absolute Gasteiger partial charge is 0.250 e. The number of rotatable bonds is 4. The molecular weight excluding hydrogens is 246 g/mol. The first-order chi connectivity index (χ1) is 8.72. The molecule has 1 aromatic heterocycles. The maximum absolute atomic E-state index is 11.6. The third-order valence-corrected chi connectivity index (χ3v) is 3.03. The predicted octanol–water partition coefficient (Wildman–Crippen LogP) is 2.75. The molecule has 2 aromatic rings. The zero-order valence-electron chi connectivity index (χ0n) is 10.4. The van der Waals surface area contributed by atoms with E-state index in [0.29, 0.717) is 5.94 Å². The predicted molar refractivity (Wildman–Crippen MR) is 76.1 cm³/mol. The standard InChI is InChI=1S/C14H15NO2S/c1-15-13(4-3-5-14(15)16)11-6-8-12(9-7-11)17-10-18-2/h3-9H,10H2,1-2H3. The maximum Gasteiger partial charge on any atom is 0.250 e. The molecule has 0 atom stereocenters. The van der Waals surface area contributed by atoms with E-state index in [1.807, 2.05) is 36.6 Å². The van der Waals surface area contributed by atoms with Gasteiger partial charge in [0.1, 0.15) is 11.7 Å². The van der Waals surface area contributed by atoms with E-state index < -0.39 is 0 Å². The van der Waals surface area contributed by atoms with Crippen LogP contribution in [0.1, 0.15) is 0 Å². The van der Waals surface area contributed by atoms with Crippen molar-refractivity contribution >= 4 is 11.8 Å². The summed E-state index contributed by atoms with van der Waals surface area (Å²) in [5.74, 6) is 1.48. The Morgan fingerprint density at radius 3 is 2.56 bits per heavy atom. The molecule has 0 aliphatic heterocycles. The summed E-state index contributed by atoms with van der Waals surface area (Å²) in [6.07, 6.45) is 1.99. The van der Waals surface area contributed by atoms with Gasteiger partial charge in [-0.15, -0.1) is 11.8 Å². The highest BCUT2D eigenvalue weighted by molar-refractivity contribution is 7.98. The number of pyridine rings is 1. The first-order valence-corrected chi connectivity index (χ1v) is 7.00. The van der Waals surface area contributed by atoms with Gasteiger partial charge < -0.3 is 9.30 Å². The van der Waals surface area contributed by atoms with Crippen molar-refractivity contribution in [3.8, 4) is 17.0 Å². The van der Waals surface area contributed by atoms with E-state index in [-0.39, 0.29) is 5.56 Å². The van der Waals surface area contributed by atoms with E-state index in [9.17, 15) is 4.79 Å². The average Bonchev–Trinajstić information content (AvgIpc) is 2.40. The van der Waals surface area contributed by atoms with Crippen LogP contribution in [0.15, 0.2) is 47.3 Å². The van der Waals surface area contributed by atoms with E-state index in [1.54, 1.807) is 35.5 Å². The Morgan fingerprint density at radius 2 is 1.89 bits per heavy atom. The molecule has 3 nitrogen and oxygen atoms in total. The third-order valence-electron chi connectivity index (χ3n) is 2.68. The van der Waals surface area contributed by atoms with Crippen LogP contribution in [0, 0.1) is 0 Å². The van der Waals surface area contributed by atoms with Crippen LogP contribution in [0.4, 0.5) is 0 Å². The van der Waals surface area contributed by atoms with Gasteiger partial charge >= 0.3 is 0 Å². The summed E-state index contributed by atoms with van der Waals surface area (Å²) in [5, 5.41) is 0. The molecule has 2 rings (SSSR count). The maximum atomic E-state index is 11.6. The highest BCUT2D eigenvalue weighted by atomic mass is 32.2. The minimum absolute atomic E-state index is 0.00444. The highest BCUT2D eigenvalue weighted by Gasteiger charge is 2.02. The summed E-state index contributed by atoms with van der Waals surface area (Å²) in [4.78, 5) is 11.6. The van der Waals surface area contributed by atoms with E-state index in [2.05, 4.69) is 0 Å². The fourth-order valence-electron chi connectivity index (χ4n) is 1.70. The van der Waals surface area contributed by atoms with Crippen molar-refractivity contribution in [3.63, 3.8) is 0 Å². The van der Waals surface area contributed by atoms with Crippen LogP contribution >= 0.6 is 11.8 Å². The Labute approximate surface area is 110 Å². The van der Waals surface area contributed by atoms with Crippen LogP contribution < -0.4 is 10.3 Å². The third kappa shape index (κ3) is 2.76. The van der Waals surface area contributed by atoms with Gasteiger partial charge in [-0.05, 0) is 42.2 Å².